The quantitative estimate of drug-likeness (QED) is 0.412. The van der Waals surface area contributed by atoms with Crippen LogP contribution in [0.15, 0.2) is 53.9 Å². The zero-order chi connectivity index (χ0) is 21.9. The van der Waals surface area contributed by atoms with Gasteiger partial charge < -0.3 is 15.8 Å². The van der Waals surface area contributed by atoms with Crippen LogP contribution in [0.2, 0.25) is 5.02 Å². The number of nitrogens with zero attached hydrogens (tertiary/aromatic N) is 3. The van der Waals surface area contributed by atoms with E-state index in [0.717, 1.165) is 0 Å². The molecule has 0 aliphatic carbocycles. The van der Waals surface area contributed by atoms with Crippen molar-refractivity contribution in [3.05, 3.63) is 80.2 Å². The summed E-state index contributed by atoms with van der Waals surface area (Å²) in [5, 5.41) is 31.0. The van der Waals surface area contributed by atoms with E-state index >= 15 is 0 Å². The molecule has 0 saturated heterocycles. The van der Waals surface area contributed by atoms with Crippen LogP contribution in [0.3, 0.4) is 0 Å². The number of nitrogens with two attached hydrogens (primary N) is 1. The number of aromatic amines is 1. The molecule has 2 aliphatic rings. The second-order valence-electron chi connectivity index (χ2n) is 6.93. The number of nitrogens with one attached hydrogen (secondary N) is 2. The zero-order valence-corrected chi connectivity index (χ0v) is 16.2. The standard InChI is InChI=1S/C20H11ClN6O4/c21-10-3-6-14-12(7-10)20(19(28)24-14)13(8-22)17(23)31-18-15(20)16(25-26-18)9-1-4-11(5-2-9)27(29)30/h1-7H,23H2,(H,24,28)(H,25,26)/t20-/m0/s1. The number of nitro benzene ring substituents is 1. The summed E-state index contributed by atoms with van der Waals surface area (Å²) in [7, 11) is 0. The van der Waals surface area contributed by atoms with E-state index in [1.165, 1.54) is 24.3 Å². The Bertz CT molecular complexity index is 1370. The van der Waals surface area contributed by atoms with Crippen molar-refractivity contribution in [1.29, 1.82) is 5.26 Å². The molecule has 4 N–H and O–H groups in total. The fourth-order valence-corrected chi connectivity index (χ4v) is 4.25. The number of rotatable bonds is 2. The Morgan fingerprint density at radius 1 is 1.26 bits per heavy atom. The second kappa shape index (κ2) is 6.32. The minimum absolute atomic E-state index is 0.0211. The molecule has 0 saturated carbocycles. The van der Waals surface area contributed by atoms with Crippen LogP contribution in [0.5, 0.6) is 5.88 Å². The fraction of sp³-hybridized carbons (Fsp3) is 0.0500. The molecule has 1 aromatic heterocycles. The Hall–Kier alpha value is -4.36. The first-order valence-electron chi connectivity index (χ1n) is 8.91. The number of ether oxygens (including phenoxy) is 1. The predicted molar refractivity (Wildman–Crippen MR) is 109 cm³/mol. The van der Waals surface area contributed by atoms with Crippen molar-refractivity contribution in [2.75, 3.05) is 5.32 Å². The van der Waals surface area contributed by atoms with Gasteiger partial charge in [-0.05, 0) is 30.3 Å². The first-order valence-corrected chi connectivity index (χ1v) is 9.29. The lowest BCUT2D eigenvalue weighted by Gasteiger charge is -2.32. The first kappa shape index (κ1) is 18.7. The molecule has 2 aromatic carbocycles. The summed E-state index contributed by atoms with van der Waals surface area (Å²) in [6.45, 7) is 0. The summed E-state index contributed by atoms with van der Waals surface area (Å²) < 4.78 is 5.55. The topological polar surface area (TPSA) is 160 Å². The van der Waals surface area contributed by atoms with Crippen molar-refractivity contribution in [3.8, 4) is 23.2 Å². The minimum Gasteiger partial charge on any atom is -0.420 e. The smallest absolute Gasteiger partial charge is 0.269 e. The molecule has 0 radical (unpaired) electrons. The second-order valence-corrected chi connectivity index (χ2v) is 7.37. The van der Waals surface area contributed by atoms with E-state index in [4.69, 9.17) is 22.1 Å². The number of non-ortho nitro benzene ring substituents is 1. The summed E-state index contributed by atoms with van der Waals surface area (Å²) in [5.41, 5.74) is 6.18. The number of fused-ring (bicyclic) bond motifs is 4. The lowest BCUT2D eigenvalue weighted by atomic mass is 9.68. The highest BCUT2D eigenvalue weighted by atomic mass is 35.5. The Kier molecular flexibility index (Phi) is 3.80. The van der Waals surface area contributed by atoms with Gasteiger partial charge in [-0.2, -0.15) is 5.26 Å². The van der Waals surface area contributed by atoms with Gasteiger partial charge in [-0.25, -0.2) is 0 Å². The number of halogens is 1. The van der Waals surface area contributed by atoms with Crippen LogP contribution in [0.25, 0.3) is 11.3 Å². The molecule has 31 heavy (non-hydrogen) atoms. The Labute approximate surface area is 179 Å². The van der Waals surface area contributed by atoms with E-state index in [0.29, 0.717) is 27.5 Å². The number of amides is 1. The Balaban J connectivity index is 1.84. The van der Waals surface area contributed by atoms with E-state index in [1.54, 1.807) is 18.2 Å². The summed E-state index contributed by atoms with van der Waals surface area (Å²) in [4.78, 5) is 23.9. The van der Waals surface area contributed by atoms with Gasteiger partial charge in [0.15, 0.2) is 0 Å². The monoisotopic (exact) mass is 434 g/mol. The van der Waals surface area contributed by atoms with E-state index in [2.05, 4.69) is 15.5 Å². The van der Waals surface area contributed by atoms with Crippen molar-refractivity contribution < 1.29 is 14.5 Å². The number of nitriles is 1. The van der Waals surface area contributed by atoms with Gasteiger partial charge in [0.25, 0.3) is 5.69 Å². The molecule has 1 spiro atoms. The van der Waals surface area contributed by atoms with Crippen LogP contribution in [-0.4, -0.2) is 21.0 Å². The molecule has 2 aliphatic heterocycles. The average molecular weight is 435 g/mol. The van der Waals surface area contributed by atoms with Crippen LogP contribution in [0.4, 0.5) is 11.4 Å². The largest absolute Gasteiger partial charge is 0.420 e. The number of benzene rings is 2. The normalized spacial score (nSPS) is 18.8. The van der Waals surface area contributed by atoms with Crippen molar-refractivity contribution in [1.82, 2.24) is 10.2 Å². The van der Waals surface area contributed by atoms with Crippen molar-refractivity contribution in [3.63, 3.8) is 0 Å². The van der Waals surface area contributed by atoms with Crippen LogP contribution in [0.1, 0.15) is 11.1 Å². The highest BCUT2D eigenvalue weighted by Gasteiger charge is 2.58. The number of aromatic nitrogens is 2. The lowest BCUT2D eigenvalue weighted by molar-refractivity contribution is -0.384. The van der Waals surface area contributed by atoms with Gasteiger partial charge in [0.1, 0.15) is 17.1 Å². The minimum atomic E-state index is -1.66. The molecule has 1 atom stereocenters. The third-order valence-corrected chi connectivity index (χ3v) is 5.62. The molecule has 5 rings (SSSR count). The van der Waals surface area contributed by atoms with Crippen LogP contribution in [-0.2, 0) is 10.2 Å². The van der Waals surface area contributed by atoms with E-state index < -0.39 is 16.2 Å². The maximum atomic E-state index is 13.4. The third-order valence-electron chi connectivity index (χ3n) is 5.39. The number of hydrogen-bond acceptors (Lipinski definition) is 7. The molecule has 152 valence electrons. The summed E-state index contributed by atoms with van der Waals surface area (Å²) in [6.07, 6.45) is 0. The molecule has 3 heterocycles. The van der Waals surface area contributed by atoms with Crippen molar-refractivity contribution in [2.45, 2.75) is 5.41 Å². The van der Waals surface area contributed by atoms with Gasteiger partial charge in [0.05, 0.1) is 16.2 Å². The number of anilines is 1. The highest BCUT2D eigenvalue weighted by molar-refractivity contribution is 6.31. The highest BCUT2D eigenvalue weighted by Crippen LogP contribution is 2.55. The Morgan fingerprint density at radius 2 is 2.00 bits per heavy atom. The van der Waals surface area contributed by atoms with Crippen molar-refractivity contribution >= 4 is 28.9 Å². The number of nitro groups is 1. The SMILES string of the molecule is N#CC1=C(N)Oc2n[nH]c(-c3ccc([N+](=O)[O-])cc3)c2[C@@]12C(=O)Nc1ccc(Cl)cc12. The van der Waals surface area contributed by atoms with Crippen molar-refractivity contribution in [2.24, 2.45) is 5.73 Å². The van der Waals surface area contributed by atoms with Crippen LogP contribution in [0, 0.1) is 21.4 Å². The number of carbonyl (C=O) groups is 1. The fourth-order valence-electron chi connectivity index (χ4n) is 4.08. The zero-order valence-electron chi connectivity index (χ0n) is 15.5. The molecule has 0 fully saturated rings. The predicted octanol–water partition coefficient (Wildman–Crippen LogP) is 2.96. The van der Waals surface area contributed by atoms with E-state index in [-0.39, 0.29) is 28.6 Å². The van der Waals surface area contributed by atoms with Gasteiger partial charge in [-0.15, -0.1) is 5.10 Å². The molecule has 0 bridgehead atoms. The van der Waals surface area contributed by atoms with Crippen LogP contribution >= 0.6 is 11.6 Å². The Morgan fingerprint density at radius 3 is 2.68 bits per heavy atom. The maximum absolute atomic E-state index is 13.4. The molecular weight excluding hydrogens is 424 g/mol. The average Bonchev–Trinajstić information content (AvgIpc) is 3.28. The number of hydrogen-bond donors (Lipinski definition) is 3. The van der Waals surface area contributed by atoms with Crippen LogP contribution < -0.4 is 15.8 Å². The molecule has 11 heteroatoms. The first-order chi connectivity index (χ1) is 14.9. The van der Waals surface area contributed by atoms with Gasteiger partial charge in [-0.3, -0.25) is 20.0 Å². The van der Waals surface area contributed by atoms with Gasteiger partial charge >= 0.3 is 0 Å². The lowest BCUT2D eigenvalue weighted by Crippen LogP contribution is -2.42. The van der Waals surface area contributed by atoms with Gasteiger partial charge in [-0.1, -0.05) is 11.6 Å². The maximum Gasteiger partial charge on any atom is 0.269 e. The van der Waals surface area contributed by atoms with E-state index in [9.17, 15) is 20.2 Å². The van der Waals surface area contributed by atoms with Gasteiger partial charge in [0, 0.05) is 34.0 Å². The van der Waals surface area contributed by atoms with Gasteiger partial charge in [0.2, 0.25) is 17.7 Å². The summed E-state index contributed by atoms with van der Waals surface area (Å²) in [6, 6.07) is 12.5. The summed E-state index contributed by atoms with van der Waals surface area (Å²) in [5.74, 6) is -0.745. The molecule has 1 amide bonds. The number of carbonyl (C=O) groups excluding carboxylic acids is 1. The molecule has 0 unspecified atom stereocenters. The molecular formula is C20H11ClN6O4. The van der Waals surface area contributed by atoms with E-state index in [1.807, 2.05) is 6.07 Å². The summed E-state index contributed by atoms with van der Waals surface area (Å²) >= 11 is 6.22. The number of H-pyrrole nitrogens is 1. The molecule has 3 aromatic rings. The molecule has 10 nitrogen and oxygen atoms in total. The third kappa shape index (κ3) is 2.38.